The number of carbonyl (C=O) groups is 1. The van der Waals surface area contributed by atoms with Crippen molar-refractivity contribution in [1.29, 1.82) is 0 Å². The normalized spacial score (nSPS) is 11.5. The lowest BCUT2D eigenvalue weighted by Crippen LogP contribution is -2.39. The summed E-state index contributed by atoms with van der Waals surface area (Å²) in [6, 6.07) is 6.00. The van der Waals surface area contributed by atoms with E-state index in [1.165, 1.54) is 44.4 Å². The molecule has 0 aliphatic heterocycles. The average molecular weight is 385 g/mol. The molecule has 0 atom stereocenters. The second-order valence-electron chi connectivity index (χ2n) is 4.93. The van der Waals surface area contributed by atoms with E-state index < -0.39 is 10.0 Å². The van der Waals surface area contributed by atoms with Crippen molar-refractivity contribution in [2.75, 3.05) is 33.0 Å². The van der Waals surface area contributed by atoms with Gasteiger partial charge >= 0.3 is 0 Å². The van der Waals surface area contributed by atoms with Gasteiger partial charge in [-0.2, -0.15) is 9.40 Å². The van der Waals surface area contributed by atoms with E-state index >= 15 is 0 Å². The number of rotatable bonds is 9. The van der Waals surface area contributed by atoms with Gasteiger partial charge in [-0.15, -0.1) is 0 Å². The molecule has 0 unspecified atom stereocenters. The van der Waals surface area contributed by atoms with Crippen LogP contribution in [-0.4, -0.2) is 66.8 Å². The fourth-order valence-electron chi connectivity index (χ4n) is 1.87. The van der Waals surface area contributed by atoms with Crippen LogP contribution in [0.15, 0.2) is 40.6 Å². The Labute approximate surface area is 150 Å². The molecular weight excluding hydrogens is 366 g/mol. The molecule has 2 aromatic rings. The summed E-state index contributed by atoms with van der Waals surface area (Å²) in [5.41, 5.74) is 0. The van der Waals surface area contributed by atoms with Crippen LogP contribution in [0.1, 0.15) is 0 Å². The van der Waals surface area contributed by atoms with Gasteiger partial charge in [-0.1, -0.05) is 11.8 Å². The van der Waals surface area contributed by atoms with Crippen LogP contribution in [0.3, 0.4) is 0 Å². The Morgan fingerprint density at radius 3 is 2.68 bits per heavy atom. The summed E-state index contributed by atoms with van der Waals surface area (Å²) in [5.74, 6) is 0.775. The lowest BCUT2D eigenvalue weighted by Gasteiger charge is -2.17. The highest BCUT2D eigenvalue weighted by atomic mass is 32.2. The molecule has 1 aromatic heterocycles. The molecule has 11 heteroatoms. The number of hydrogen-bond donors (Lipinski definition) is 2. The van der Waals surface area contributed by atoms with Crippen LogP contribution in [0.2, 0.25) is 0 Å². The molecule has 0 saturated heterocycles. The molecule has 2 N–H and O–H groups in total. The molecule has 1 heterocycles. The second-order valence-corrected chi connectivity index (χ2v) is 8.05. The fraction of sp³-hybridized carbons (Fsp3) is 0.357. The highest BCUT2D eigenvalue weighted by molar-refractivity contribution is 7.99. The van der Waals surface area contributed by atoms with Crippen molar-refractivity contribution in [3.05, 3.63) is 30.6 Å². The van der Waals surface area contributed by atoms with Crippen molar-refractivity contribution < 1.29 is 17.9 Å². The molecule has 2 rings (SSSR count). The Bertz CT molecular complexity index is 778. The third-order valence-corrected chi connectivity index (χ3v) is 5.89. The maximum Gasteiger partial charge on any atom is 0.243 e. The number of thioether (sulfide) groups is 1. The standard InChI is InChI=1S/C14H19N5O4S2/c1-19(25(21,22)12-5-3-11(23-2)4-6-12)9-13(20)15-7-8-24-14-16-10-17-18-14/h3-6,10H,7-9H2,1-2H3,(H,15,20)(H,16,17,18). The third-order valence-electron chi connectivity index (χ3n) is 3.19. The lowest BCUT2D eigenvalue weighted by atomic mass is 10.3. The minimum atomic E-state index is -3.74. The molecule has 0 fully saturated rings. The number of aromatic nitrogens is 3. The summed E-state index contributed by atoms with van der Waals surface area (Å²) in [6.07, 6.45) is 1.40. The van der Waals surface area contributed by atoms with Crippen molar-refractivity contribution in [2.45, 2.75) is 10.1 Å². The van der Waals surface area contributed by atoms with E-state index in [1.54, 1.807) is 12.1 Å². The fourth-order valence-corrected chi connectivity index (χ4v) is 3.64. The third kappa shape index (κ3) is 5.44. The number of benzene rings is 1. The van der Waals surface area contributed by atoms with Crippen LogP contribution in [-0.2, 0) is 14.8 Å². The molecule has 25 heavy (non-hydrogen) atoms. The predicted molar refractivity (Wildman–Crippen MR) is 92.9 cm³/mol. The molecular formula is C14H19N5O4S2. The summed E-state index contributed by atoms with van der Waals surface area (Å²) in [5, 5.41) is 9.74. The number of ether oxygens (including phenoxy) is 1. The number of carbonyl (C=O) groups excluding carboxylic acids is 1. The molecule has 0 aliphatic carbocycles. The van der Waals surface area contributed by atoms with Gasteiger partial charge in [-0.3, -0.25) is 9.89 Å². The second kappa shape index (κ2) is 8.83. The smallest absolute Gasteiger partial charge is 0.243 e. The Morgan fingerprint density at radius 2 is 2.08 bits per heavy atom. The average Bonchev–Trinajstić information content (AvgIpc) is 3.12. The predicted octanol–water partition coefficient (Wildman–Crippen LogP) is 0.342. The van der Waals surface area contributed by atoms with Crippen LogP contribution < -0.4 is 10.1 Å². The molecule has 0 spiro atoms. The summed E-state index contributed by atoms with van der Waals surface area (Å²) in [6.45, 7) is 0.127. The SMILES string of the molecule is COc1ccc(S(=O)(=O)N(C)CC(=O)NCCSc2ncn[nH]2)cc1. The van der Waals surface area contributed by atoms with E-state index in [0.717, 1.165) is 4.31 Å². The van der Waals surface area contributed by atoms with E-state index in [4.69, 9.17) is 4.74 Å². The van der Waals surface area contributed by atoms with Gasteiger partial charge < -0.3 is 10.1 Å². The minimum absolute atomic E-state index is 0.101. The number of likely N-dealkylation sites (N-methyl/N-ethyl adjacent to an activating group) is 1. The molecule has 0 aliphatic rings. The number of H-pyrrole nitrogens is 1. The Balaban J connectivity index is 1.82. The van der Waals surface area contributed by atoms with Gasteiger partial charge in [0.1, 0.15) is 12.1 Å². The van der Waals surface area contributed by atoms with Crippen LogP contribution in [0, 0.1) is 0 Å². The van der Waals surface area contributed by atoms with Crippen LogP contribution in [0.4, 0.5) is 0 Å². The number of aromatic amines is 1. The summed E-state index contributed by atoms with van der Waals surface area (Å²) in [7, 11) is -0.872. The lowest BCUT2D eigenvalue weighted by molar-refractivity contribution is -0.121. The zero-order chi connectivity index (χ0) is 18.3. The monoisotopic (exact) mass is 385 g/mol. The van der Waals surface area contributed by atoms with E-state index in [1.807, 2.05) is 0 Å². The van der Waals surface area contributed by atoms with Crippen LogP contribution in [0.5, 0.6) is 5.75 Å². The zero-order valence-corrected chi connectivity index (χ0v) is 15.4. The topological polar surface area (TPSA) is 117 Å². The molecule has 1 aromatic carbocycles. The zero-order valence-electron chi connectivity index (χ0n) is 13.8. The first-order valence-corrected chi connectivity index (χ1v) is 9.71. The first kappa shape index (κ1) is 19.2. The van der Waals surface area contributed by atoms with Gasteiger partial charge in [0.05, 0.1) is 18.6 Å². The first-order chi connectivity index (χ1) is 11.9. The largest absolute Gasteiger partial charge is 0.497 e. The Hall–Kier alpha value is -2.11. The van der Waals surface area contributed by atoms with Crippen molar-refractivity contribution >= 4 is 27.7 Å². The van der Waals surface area contributed by atoms with E-state index in [2.05, 4.69) is 20.5 Å². The highest BCUT2D eigenvalue weighted by Gasteiger charge is 2.22. The molecule has 1 amide bonds. The van der Waals surface area contributed by atoms with Gasteiger partial charge in [0.15, 0.2) is 5.16 Å². The van der Waals surface area contributed by atoms with Gasteiger partial charge in [0.25, 0.3) is 0 Å². The Kier molecular flexibility index (Phi) is 6.79. The van der Waals surface area contributed by atoms with E-state index in [-0.39, 0.29) is 17.3 Å². The van der Waals surface area contributed by atoms with E-state index in [0.29, 0.717) is 23.2 Å². The molecule has 9 nitrogen and oxygen atoms in total. The number of hydrogen-bond acceptors (Lipinski definition) is 7. The quantitative estimate of drug-likeness (QED) is 0.472. The minimum Gasteiger partial charge on any atom is -0.497 e. The summed E-state index contributed by atoms with van der Waals surface area (Å²) in [4.78, 5) is 16.0. The summed E-state index contributed by atoms with van der Waals surface area (Å²) < 4.78 is 30.9. The van der Waals surface area contributed by atoms with Crippen molar-refractivity contribution in [3.63, 3.8) is 0 Å². The number of sulfonamides is 1. The maximum absolute atomic E-state index is 12.4. The van der Waals surface area contributed by atoms with Crippen LogP contribution >= 0.6 is 11.8 Å². The van der Waals surface area contributed by atoms with Gasteiger partial charge in [-0.25, -0.2) is 13.4 Å². The van der Waals surface area contributed by atoms with Gasteiger partial charge in [0, 0.05) is 19.3 Å². The highest BCUT2D eigenvalue weighted by Crippen LogP contribution is 2.18. The molecule has 0 saturated carbocycles. The first-order valence-electron chi connectivity index (χ1n) is 7.28. The van der Waals surface area contributed by atoms with E-state index in [9.17, 15) is 13.2 Å². The molecule has 0 bridgehead atoms. The molecule has 0 radical (unpaired) electrons. The Morgan fingerprint density at radius 1 is 1.36 bits per heavy atom. The van der Waals surface area contributed by atoms with Crippen LogP contribution in [0.25, 0.3) is 0 Å². The van der Waals surface area contributed by atoms with Gasteiger partial charge in [0.2, 0.25) is 15.9 Å². The number of amides is 1. The number of nitrogens with one attached hydrogen (secondary N) is 2. The number of methoxy groups -OCH3 is 1. The van der Waals surface area contributed by atoms with Crippen molar-refractivity contribution in [1.82, 2.24) is 24.8 Å². The van der Waals surface area contributed by atoms with Crippen molar-refractivity contribution in [2.24, 2.45) is 0 Å². The number of nitrogens with zero attached hydrogens (tertiary/aromatic N) is 3. The maximum atomic E-state index is 12.4. The van der Waals surface area contributed by atoms with Gasteiger partial charge in [-0.05, 0) is 24.3 Å². The molecule has 136 valence electrons. The van der Waals surface area contributed by atoms with Crippen molar-refractivity contribution in [3.8, 4) is 5.75 Å². The summed E-state index contributed by atoms with van der Waals surface area (Å²) >= 11 is 1.41.